The maximum atomic E-state index is 9.49. The van der Waals surface area contributed by atoms with Crippen molar-refractivity contribution < 1.29 is 0 Å². The summed E-state index contributed by atoms with van der Waals surface area (Å²) in [4.78, 5) is 11.0. The van der Waals surface area contributed by atoms with E-state index in [4.69, 9.17) is 0 Å². The van der Waals surface area contributed by atoms with Crippen LogP contribution in [0.3, 0.4) is 0 Å². The lowest BCUT2D eigenvalue weighted by Gasteiger charge is -2.62. The number of aromatic nitrogens is 2. The highest BCUT2D eigenvalue weighted by Crippen LogP contribution is 2.69. The van der Waals surface area contributed by atoms with Gasteiger partial charge in [0.15, 0.2) is 3.83 Å². The van der Waals surface area contributed by atoms with Gasteiger partial charge in [0.05, 0.1) is 5.66 Å². The molecular formula is C29H47IN6. The van der Waals surface area contributed by atoms with Crippen LogP contribution in [0.25, 0.3) is 10.4 Å². The second-order valence-corrected chi connectivity index (χ2v) is 14.5. The van der Waals surface area contributed by atoms with Gasteiger partial charge in [-0.1, -0.05) is 45.7 Å². The van der Waals surface area contributed by atoms with Crippen LogP contribution in [0.1, 0.15) is 104 Å². The van der Waals surface area contributed by atoms with Crippen molar-refractivity contribution in [1.29, 1.82) is 0 Å². The first-order chi connectivity index (χ1) is 17.2. The zero-order valence-corrected chi connectivity index (χ0v) is 25.1. The van der Waals surface area contributed by atoms with Crippen LogP contribution in [0, 0.1) is 50.2 Å². The lowest BCUT2D eigenvalue weighted by atomic mass is 9.44. The van der Waals surface area contributed by atoms with Gasteiger partial charge in [-0.05, 0) is 132 Å². The predicted molar refractivity (Wildman–Crippen MR) is 154 cm³/mol. The summed E-state index contributed by atoms with van der Waals surface area (Å²) in [5, 5.41) is 8.15. The molecule has 200 valence electrons. The monoisotopic (exact) mass is 606 g/mol. The van der Waals surface area contributed by atoms with Crippen LogP contribution in [0.5, 0.6) is 0 Å². The number of hydrogen-bond donors (Lipinski definition) is 2. The van der Waals surface area contributed by atoms with E-state index in [1.165, 1.54) is 57.8 Å². The van der Waals surface area contributed by atoms with Crippen molar-refractivity contribution >= 4 is 22.6 Å². The second-order valence-electron chi connectivity index (χ2n) is 13.5. The molecule has 1 aromatic heterocycles. The Balaban J connectivity index is 1.28. The molecule has 0 bridgehead atoms. The van der Waals surface area contributed by atoms with Gasteiger partial charge < -0.3 is 10.3 Å². The van der Waals surface area contributed by atoms with Gasteiger partial charge >= 0.3 is 0 Å². The first-order valence-electron chi connectivity index (χ1n) is 14.8. The predicted octanol–water partition coefficient (Wildman–Crippen LogP) is 8.25. The van der Waals surface area contributed by atoms with E-state index in [-0.39, 0.29) is 0 Å². The molecule has 4 saturated carbocycles. The molecule has 0 aromatic carbocycles. The van der Waals surface area contributed by atoms with Crippen molar-refractivity contribution in [3.63, 3.8) is 0 Å². The van der Waals surface area contributed by atoms with Crippen LogP contribution in [-0.4, -0.2) is 22.2 Å². The summed E-state index contributed by atoms with van der Waals surface area (Å²) in [6.45, 7) is 11.0. The Kier molecular flexibility index (Phi) is 7.75. The minimum Gasteiger partial charge on any atom is -0.337 e. The van der Waals surface area contributed by atoms with Gasteiger partial charge in [-0.15, -0.1) is 0 Å². The first-order valence-corrected chi connectivity index (χ1v) is 15.8. The zero-order valence-electron chi connectivity index (χ0n) is 22.9. The Morgan fingerprint density at radius 2 is 1.97 bits per heavy atom. The van der Waals surface area contributed by atoms with Crippen molar-refractivity contribution in [1.82, 2.24) is 15.3 Å². The Morgan fingerprint density at radius 3 is 2.69 bits per heavy atom. The number of halogens is 1. The number of rotatable bonds is 8. The third-order valence-electron chi connectivity index (χ3n) is 11.9. The van der Waals surface area contributed by atoms with E-state index in [1.807, 2.05) is 6.20 Å². The van der Waals surface area contributed by atoms with Crippen molar-refractivity contribution in [2.45, 2.75) is 110 Å². The molecule has 4 fully saturated rings. The van der Waals surface area contributed by atoms with E-state index >= 15 is 0 Å². The first kappa shape index (κ1) is 26.8. The highest BCUT2D eigenvalue weighted by molar-refractivity contribution is 14.1. The minimum absolute atomic E-state index is 0.396. The average molecular weight is 607 g/mol. The molecule has 4 aliphatic carbocycles. The van der Waals surface area contributed by atoms with Gasteiger partial charge in [-0.25, -0.2) is 4.98 Å². The largest absolute Gasteiger partial charge is 0.337 e. The molecule has 0 amide bonds. The van der Waals surface area contributed by atoms with Crippen LogP contribution < -0.4 is 5.32 Å². The van der Waals surface area contributed by atoms with E-state index in [9.17, 15) is 5.53 Å². The SMILES string of the molecule is CCC[C@@H](C)[C@H]1CCC2C3CCC4C[C@](N=[N+]=[N-])(NCCc5cnc(I)[nH]5)CC[C@]4(C)C3CC[C@@]21C. The number of imidazole rings is 1. The van der Waals surface area contributed by atoms with Crippen LogP contribution in [-0.2, 0) is 6.42 Å². The molecule has 0 saturated heterocycles. The van der Waals surface area contributed by atoms with Gasteiger partial charge in [0, 0.05) is 29.8 Å². The van der Waals surface area contributed by atoms with Gasteiger partial charge in [-0.3, -0.25) is 0 Å². The smallest absolute Gasteiger partial charge is 0.168 e. The molecule has 1 heterocycles. The molecule has 1 aromatic rings. The number of azide groups is 1. The van der Waals surface area contributed by atoms with E-state index in [0.29, 0.717) is 16.7 Å². The maximum Gasteiger partial charge on any atom is 0.168 e. The quantitative estimate of drug-likeness (QED) is 0.135. The fourth-order valence-electron chi connectivity index (χ4n) is 10.1. The number of nitrogens with zero attached hydrogens (tertiary/aromatic N) is 4. The van der Waals surface area contributed by atoms with Crippen LogP contribution in [0.2, 0.25) is 0 Å². The summed E-state index contributed by atoms with van der Waals surface area (Å²) in [5.41, 5.74) is 11.2. The molecule has 5 rings (SSSR count). The topological polar surface area (TPSA) is 89.5 Å². The highest BCUT2D eigenvalue weighted by Gasteiger charge is 2.61. The molecule has 9 atom stereocenters. The highest BCUT2D eigenvalue weighted by atomic mass is 127. The summed E-state index contributed by atoms with van der Waals surface area (Å²) >= 11 is 2.21. The van der Waals surface area contributed by atoms with E-state index in [0.717, 1.165) is 64.9 Å². The Bertz CT molecular complexity index is 973. The Morgan fingerprint density at radius 1 is 1.17 bits per heavy atom. The van der Waals surface area contributed by atoms with Crippen molar-refractivity contribution in [2.24, 2.45) is 51.5 Å². The molecule has 6 nitrogen and oxygen atoms in total. The normalized spacial score (nSPS) is 42.6. The molecular weight excluding hydrogens is 559 g/mol. The molecule has 4 aliphatic rings. The number of nitrogens with one attached hydrogen (secondary N) is 2. The van der Waals surface area contributed by atoms with Gasteiger partial charge in [0.2, 0.25) is 0 Å². The molecule has 36 heavy (non-hydrogen) atoms. The summed E-state index contributed by atoms with van der Waals surface area (Å²) < 4.78 is 0.925. The molecule has 7 heteroatoms. The van der Waals surface area contributed by atoms with E-state index in [1.54, 1.807) is 0 Å². The molecule has 0 aliphatic heterocycles. The number of aromatic amines is 1. The van der Waals surface area contributed by atoms with Crippen molar-refractivity contribution in [3.05, 3.63) is 26.2 Å². The summed E-state index contributed by atoms with van der Waals surface area (Å²) in [7, 11) is 0. The van der Waals surface area contributed by atoms with Gasteiger partial charge in [0.1, 0.15) is 0 Å². The molecule has 4 unspecified atom stereocenters. The van der Waals surface area contributed by atoms with Crippen LogP contribution >= 0.6 is 22.6 Å². The molecule has 0 radical (unpaired) electrons. The minimum atomic E-state index is -0.434. The Labute approximate surface area is 231 Å². The second kappa shape index (κ2) is 10.4. The van der Waals surface area contributed by atoms with E-state index < -0.39 is 5.66 Å². The summed E-state index contributed by atoms with van der Waals surface area (Å²) in [5.74, 6) is 5.15. The fourth-order valence-corrected chi connectivity index (χ4v) is 10.6. The van der Waals surface area contributed by atoms with Gasteiger partial charge in [-0.2, -0.15) is 0 Å². The third kappa shape index (κ3) is 4.64. The van der Waals surface area contributed by atoms with Crippen LogP contribution in [0.4, 0.5) is 0 Å². The van der Waals surface area contributed by atoms with Gasteiger partial charge in [0.25, 0.3) is 0 Å². The van der Waals surface area contributed by atoms with Crippen LogP contribution in [0.15, 0.2) is 11.3 Å². The Hall–Kier alpha value is -0.790. The standard InChI is InChI=1S/C29H47IN6/c1-5-6-19(2)23-9-10-24-22-8-7-20-17-29(35-36-31,33-16-12-21-18-32-26(30)34-21)15-14-27(20,3)25(22)11-13-28(23,24)4/h18-20,22-25,33H,5-17H2,1-4H3,(H,32,34)/t19-,20?,22?,23-,24?,25?,27+,28-,29+/m1/s1. The zero-order chi connectivity index (χ0) is 25.6. The fraction of sp³-hybridized carbons (Fsp3) is 0.897. The summed E-state index contributed by atoms with van der Waals surface area (Å²) in [6, 6.07) is 0. The lowest BCUT2D eigenvalue weighted by molar-refractivity contribution is -0.126. The number of fused-ring (bicyclic) bond motifs is 5. The number of H-pyrrole nitrogens is 1. The maximum absolute atomic E-state index is 9.49. The van der Waals surface area contributed by atoms with E-state index in [2.05, 4.69) is 75.6 Å². The number of hydrogen-bond acceptors (Lipinski definition) is 3. The lowest BCUT2D eigenvalue weighted by Crippen LogP contribution is -2.58. The molecule has 0 spiro atoms. The average Bonchev–Trinajstić information content (AvgIpc) is 3.42. The van der Waals surface area contributed by atoms with Crippen molar-refractivity contribution in [2.75, 3.05) is 6.54 Å². The molecule has 2 N–H and O–H groups in total. The third-order valence-corrected chi connectivity index (χ3v) is 12.5. The summed E-state index contributed by atoms with van der Waals surface area (Å²) in [6.07, 6.45) is 17.1. The van der Waals surface area contributed by atoms with Crippen molar-refractivity contribution in [3.8, 4) is 0 Å².